The molecule has 2 amide bonds. The van der Waals surface area contributed by atoms with Crippen LogP contribution in [0.25, 0.3) is 0 Å². The lowest BCUT2D eigenvalue weighted by Crippen LogP contribution is -2.32. The highest BCUT2D eigenvalue weighted by Crippen LogP contribution is 2.30. The van der Waals surface area contributed by atoms with Crippen LogP contribution in [0.2, 0.25) is 0 Å². The molecule has 2 fully saturated rings. The van der Waals surface area contributed by atoms with E-state index in [4.69, 9.17) is 0 Å². The molecule has 1 aliphatic carbocycles. The fourth-order valence-electron chi connectivity index (χ4n) is 3.25. The monoisotopic (exact) mass is 365 g/mol. The Bertz CT molecular complexity index is 827. The van der Waals surface area contributed by atoms with Gasteiger partial charge in [-0.1, -0.05) is 0 Å². The van der Waals surface area contributed by atoms with Gasteiger partial charge >= 0.3 is 0 Å². The minimum absolute atomic E-state index is 0.0146. The van der Waals surface area contributed by atoms with Crippen LogP contribution >= 0.6 is 0 Å². The van der Waals surface area contributed by atoms with Crippen molar-refractivity contribution < 1.29 is 9.59 Å². The predicted molar refractivity (Wildman–Crippen MR) is 104 cm³/mol. The quantitative estimate of drug-likeness (QED) is 0.850. The van der Waals surface area contributed by atoms with E-state index in [1.807, 2.05) is 0 Å². The van der Waals surface area contributed by atoms with Crippen molar-refractivity contribution in [2.24, 2.45) is 5.92 Å². The summed E-state index contributed by atoms with van der Waals surface area (Å²) in [5.74, 6) is 1.17. The number of hydrogen-bond donors (Lipinski definition) is 2. The van der Waals surface area contributed by atoms with Crippen molar-refractivity contribution in [2.75, 3.05) is 28.6 Å². The summed E-state index contributed by atoms with van der Waals surface area (Å²) in [6, 6.07) is 7.01. The second kappa shape index (κ2) is 7.73. The van der Waals surface area contributed by atoms with Crippen LogP contribution in [0.3, 0.4) is 0 Å². The van der Waals surface area contributed by atoms with E-state index in [1.165, 1.54) is 6.42 Å². The Morgan fingerprint density at radius 1 is 1.00 bits per heavy atom. The van der Waals surface area contributed by atoms with Crippen LogP contribution in [0.1, 0.15) is 42.5 Å². The summed E-state index contributed by atoms with van der Waals surface area (Å²) in [6.07, 6.45) is 8.64. The van der Waals surface area contributed by atoms with Gasteiger partial charge in [0.05, 0.1) is 17.4 Å². The average molecular weight is 365 g/mol. The van der Waals surface area contributed by atoms with Gasteiger partial charge in [-0.2, -0.15) is 0 Å². The molecule has 0 spiro atoms. The summed E-state index contributed by atoms with van der Waals surface area (Å²) in [5.41, 5.74) is 1.14. The van der Waals surface area contributed by atoms with Gasteiger partial charge in [-0.3, -0.25) is 9.59 Å². The van der Waals surface area contributed by atoms with E-state index in [0.717, 1.165) is 44.6 Å². The van der Waals surface area contributed by atoms with Crippen molar-refractivity contribution in [2.45, 2.75) is 32.1 Å². The molecule has 2 aromatic heterocycles. The third kappa shape index (κ3) is 4.24. The Labute approximate surface area is 158 Å². The summed E-state index contributed by atoms with van der Waals surface area (Å²) in [7, 11) is 0. The first-order valence-electron chi connectivity index (χ1n) is 9.49. The van der Waals surface area contributed by atoms with Gasteiger partial charge in [-0.25, -0.2) is 9.97 Å². The lowest BCUT2D eigenvalue weighted by Gasteiger charge is -2.29. The Morgan fingerprint density at radius 2 is 1.81 bits per heavy atom. The van der Waals surface area contributed by atoms with Gasteiger partial charge < -0.3 is 15.5 Å². The Hall–Kier alpha value is -2.96. The Balaban J connectivity index is 1.43. The third-order valence-corrected chi connectivity index (χ3v) is 4.91. The highest BCUT2D eigenvalue weighted by Gasteiger charge is 2.29. The highest BCUT2D eigenvalue weighted by atomic mass is 16.2. The van der Waals surface area contributed by atoms with E-state index in [2.05, 4.69) is 25.5 Å². The van der Waals surface area contributed by atoms with E-state index < -0.39 is 0 Å². The first-order chi connectivity index (χ1) is 13.2. The number of nitrogens with zero attached hydrogens (tertiary/aromatic N) is 3. The SMILES string of the molecule is O=C(Nc1ccc(NC(=O)C2CC2)nc1)c1cccnc1N1CCCCC1. The van der Waals surface area contributed by atoms with Crippen LogP contribution in [0, 0.1) is 5.92 Å². The maximum atomic E-state index is 12.8. The number of anilines is 3. The molecule has 140 valence electrons. The number of aromatic nitrogens is 2. The number of pyridine rings is 2. The zero-order chi connectivity index (χ0) is 18.6. The molecule has 1 saturated heterocycles. The normalized spacial score (nSPS) is 16.7. The van der Waals surface area contributed by atoms with E-state index in [1.54, 1.807) is 36.7 Å². The molecule has 0 unspecified atom stereocenters. The van der Waals surface area contributed by atoms with E-state index in [-0.39, 0.29) is 17.7 Å². The summed E-state index contributed by atoms with van der Waals surface area (Å²) in [5, 5.41) is 5.66. The van der Waals surface area contributed by atoms with E-state index >= 15 is 0 Å². The summed E-state index contributed by atoms with van der Waals surface area (Å²) in [6.45, 7) is 1.85. The molecule has 3 heterocycles. The topological polar surface area (TPSA) is 87.2 Å². The molecular weight excluding hydrogens is 342 g/mol. The van der Waals surface area contributed by atoms with Crippen molar-refractivity contribution in [1.82, 2.24) is 9.97 Å². The van der Waals surface area contributed by atoms with E-state index in [9.17, 15) is 9.59 Å². The van der Waals surface area contributed by atoms with Crippen LogP contribution in [-0.2, 0) is 4.79 Å². The van der Waals surface area contributed by atoms with Crippen molar-refractivity contribution in [1.29, 1.82) is 0 Å². The van der Waals surface area contributed by atoms with Crippen molar-refractivity contribution in [3.8, 4) is 0 Å². The molecule has 1 saturated carbocycles. The first kappa shape index (κ1) is 17.5. The standard InChI is InChI=1S/C20H23N5O2/c26-19(14-6-7-14)24-17-9-8-15(13-22-17)23-20(27)16-5-4-10-21-18(16)25-11-2-1-3-12-25/h4-5,8-10,13-14H,1-3,6-7,11-12H2,(H,23,27)(H,22,24,26). The number of carbonyl (C=O) groups is 2. The molecule has 2 aromatic rings. The molecule has 1 aliphatic heterocycles. The van der Waals surface area contributed by atoms with Crippen LogP contribution in [0.15, 0.2) is 36.7 Å². The molecule has 7 nitrogen and oxygen atoms in total. The van der Waals surface area contributed by atoms with Crippen molar-refractivity contribution in [3.63, 3.8) is 0 Å². The molecule has 2 aliphatic rings. The second-order valence-corrected chi connectivity index (χ2v) is 7.07. The minimum Gasteiger partial charge on any atom is -0.356 e. The van der Waals surface area contributed by atoms with Gasteiger partial charge in [0.25, 0.3) is 5.91 Å². The molecule has 0 radical (unpaired) electrons. The maximum Gasteiger partial charge on any atom is 0.259 e. The van der Waals surface area contributed by atoms with Crippen LogP contribution in [0.4, 0.5) is 17.3 Å². The number of hydrogen-bond acceptors (Lipinski definition) is 5. The Morgan fingerprint density at radius 3 is 2.52 bits per heavy atom. The number of carbonyl (C=O) groups excluding carboxylic acids is 2. The summed E-state index contributed by atoms with van der Waals surface area (Å²) in [4.78, 5) is 35.4. The second-order valence-electron chi connectivity index (χ2n) is 7.07. The van der Waals surface area contributed by atoms with Crippen LogP contribution in [-0.4, -0.2) is 34.9 Å². The van der Waals surface area contributed by atoms with Gasteiger partial charge in [0.15, 0.2) is 0 Å². The third-order valence-electron chi connectivity index (χ3n) is 4.91. The minimum atomic E-state index is -0.208. The van der Waals surface area contributed by atoms with Gasteiger partial charge in [0, 0.05) is 25.2 Å². The largest absolute Gasteiger partial charge is 0.356 e. The predicted octanol–water partition coefficient (Wildman–Crippen LogP) is 3.07. The lowest BCUT2D eigenvalue weighted by molar-refractivity contribution is -0.117. The summed E-state index contributed by atoms with van der Waals surface area (Å²) < 4.78 is 0. The van der Waals surface area contributed by atoms with Crippen molar-refractivity contribution in [3.05, 3.63) is 42.2 Å². The highest BCUT2D eigenvalue weighted by molar-refractivity contribution is 6.07. The van der Waals surface area contributed by atoms with Crippen LogP contribution in [0.5, 0.6) is 0 Å². The number of amides is 2. The lowest BCUT2D eigenvalue weighted by atomic mass is 10.1. The zero-order valence-electron chi connectivity index (χ0n) is 15.1. The molecule has 7 heteroatoms. The van der Waals surface area contributed by atoms with Gasteiger partial charge in [0.2, 0.25) is 5.91 Å². The van der Waals surface area contributed by atoms with Gasteiger partial charge in [-0.15, -0.1) is 0 Å². The molecule has 27 heavy (non-hydrogen) atoms. The number of nitrogens with one attached hydrogen (secondary N) is 2. The molecule has 4 rings (SSSR count). The Kier molecular flexibility index (Phi) is 5.00. The molecule has 2 N–H and O–H groups in total. The molecule has 0 aromatic carbocycles. The van der Waals surface area contributed by atoms with E-state index in [0.29, 0.717) is 17.1 Å². The van der Waals surface area contributed by atoms with Crippen LogP contribution < -0.4 is 15.5 Å². The van der Waals surface area contributed by atoms with Crippen molar-refractivity contribution >= 4 is 29.1 Å². The fraction of sp³-hybridized carbons (Fsp3) is 0.400. The average Bonchev–Trinajstić information content (AvgIpc) is 3.55. The zero-order valence-corrected chi connectivity index (χ0v) is 15.1. The number of piperidine rings is 1. The fourth-order valence-corrected chi connectivity index (χ4v) is 3.25. The smallest absolute Gasteiger partial charge is 0.259 e. The molecule has 0 atom stereocenters. The molecular formula is C20H23N5O2. The summed E-state index contributed by atoms with van der Waals surface area (Å²) >= 11 is 0. The van der Waals surface area contributed by atoms with Gasteiger partial charge in [-0.05, 0) is 56.4 Å². The first-order valence-corrected chi connectivity index (χ1v) is 9.49. The number of rotatable bonds is 5. The molecule has 0 bridgehead atoms. The maximum absolute atomic E-state index is 12.8. The van der Waals surface area contributed by atoms with Gasteiger partial charge in [0.1, 0.15) is 11.6 Å².